The van der Waals surface area contributed by atoms with Crippen LogP contribution in [0, 0.1) is 13.8 Å². The predicted octanol–water partition coefficient (Wildman–Crippen LogP) is 5.40. The Kier molecular flexibility index (Phi) is 8.75. The molecule has 0 saturated heterocycles. The zero-order valence-corrected chi connectivity index (χ0v) is 25.5. The van der Waals surface area contributed by atoms with E-state index < -0.39 is 20.0 Å². The lowest BCUT2D eigenvalue weighted by Crippen LogP contribution is -2.40. The Morgan fingerprint density at radius 3 is 1.48 bits per heavy atom. The quantitative estimate of drug-likeness (QED) is 0.286. The highest BCUT2D eigenvalue weighted by atomic mass is 32.2. The predicted molar refractivity (Wildman–Crippen MR) is 166 cm³/mol. The fraction of sp³-hybridized carbons (Fsp3) is 0.242. The lowest BCUT2D eigenvalue weighted by atomic mass is 10.0. The number of benzene rings is 3. The van der Waals surface area contributed by atoms with Crippen molar-refractivity contribution in [1.82, 2.24) is 13.6 Å². The maximum Gasteiger partial charge on any atom is 0.243 e. The fourth-order valence-electron chi connectivity index (χ4n) is 5.02. The van der Waals surface area contributed by atoms with Gasteiger partial charge >= 0.3 is 0 Å². The fourth-order valence-corrected chi connectivity index (χ4v) is 7.94. The van der Waals surface area contributed by atoms with Gasteiger partial charge in [0.1, 0.15) is 0 Å². The summed E-state index contributed by atoms with van der Waals surface area (Å²) in [5.41, 5.74) is 5.86. The second-order valence-corrected chi connectivity index (χ2v) is 14.6. The first-order valence-corrected chi connectivity index (χ1v) is 16.8. The standard InChI is InChI=1S/C33H35N3O4S2/c1-25-9-13-32(14-10-25)41(37,38)35-19-17-30-21-29(28-7-5-4-6-8-28)22-31(34-30)18-20-36(24-27(3)23-35)42(39,40)33-15-11-26(2)12-16-33/h4-16,21-22H,3,17-20,23-24H2,1-2H3. The first-order chi connectivity index (χ1) is 20.0. The van der Waals surface area contributed by atoms with E-state index in [1.165, 1.54) is 8.61 Å². The number of rotatable bonds is 5. The molecule has 2 heterocycles. The normalized spacial score (nSPS) is 16.0. The maximum atomic E-state index is 13.8. The summed E-state index contributed by atoms with van der Waals surface area (Å²) in [7, 11) is -7.78. The summed E-state index contributed by atoms with van der Waals surface area (Å²) in [4.78, 5) is 5.22. The van der Waals surface area contributed by atoms with Crippen LogP contribution in [0.4, 0.5) is 0 Å². The summed E-state index contributed by atoms with van der Waals surface area (Å²) in [5.74, 6) is 0. The average Bonchev–Trinajstić information content (AvgIpc) is 2.97. The summed E-state index contributed by atoms with van der Waals surface area (Å²) in [5, 5.41) is 0. The van der Waals surface area contributed by atoms with Gasteiger partial charge in [0.15, 0.2) is 0 Å². The molecule has 5 rings (SSSR count). The summed E-state index contributed by atoms with van der Waals surface area (Å²) < 4.78 is 58.1. The zero-order chi connectivity index (χ0) is 29.9. The van der Waals surface area contributed by atoms with Crippen molar-refractivity contribution in [3.63, 3.8) is 0 Å². The van der Waals surface area contributed by atoms with E-state index in [9.17, 15) is 16.8 Å². The van der Waals surface area contributed by atoms with Gasteiger partial charge in [-0.15, -0.1) is 0 Å². The van der Waals surface area contributed by atoms with E-state index in [4.69, 9.17) is 4.98 Å². The van der Waals surface area contributed by atoms with E-state index in [2.05, 4.69) is 6.58 Å². The number of aryl methyl sites for hydroxylation is 2. The number of pyridine rings is 1. The Labute approximate surface area is 249 Å². The van der Waals surface area contributed by atoms with E-state index in [-0.39, 0.29) is 36.0 Å². The first-order valence-electron chi connectivity index (χ1n) is 13.9. The van der Waals surface area contributed by atoms with E-state index in [1.807, 2.05) is 56.3 Å². The summed E-state index contributed by atoms with van der Waals surface area (Å²) in [6.45, 7) is 8.26. The molecule has 9 heteroatoms. The highest BCUT2D eigenvalue weighted by Gasteiger charge is 2.29. The monoisotopic (exact) mass is 601 g/mol. The Hall–Kier alpha value is -3.63. The third-order valence-electron chi connectivity index (χ3n) is 7.39. The van der Waals surface area contributed by atoms with Crippen molar-refractivity contribution in [2.24, 2.45) is 0 Å². The largest absolute Gasteiger partial charge is 0.258 e. The molecule has 0 N–H and O–H groups in total. The van der Waals surface area contributed by atoms with Crippen LogP contribution in [0.3, 0.4) is 0 Å². The average molecular weight is 602 g/mol. The number of fused-ring (bicyclic) bond motifs is 2. The van der Waals surface area contributed by atoms with Crippen LogP contribution in [-0.4, -0.2) is 56.6 Å². The molecule has 42 heavy (non-hydrogen) atoms. The van der Waals surface area contributed by atoms with Crippen LogP contribution in [0.25, 0.3) is 11.1 Å². The molecule has 0 amide bonds. The summed E-state index contributed by atoms with van der Waals surface area (Å²) in [6, 6.07) is 27.3. The Balaban J connectivity index is 1.57. The van der Waals surface area contributed by atoms with E-state index in [0.717, 1.165) is 33.6 Å². The molecule has 0 unspecified atom stereocenters. The maximum absolute atomic E-state index is 13.8. The molecule has 1 aliphatic heterocycles. The molecule has 4 aromatic rings. The van der Waals surface area contributed by atoms with Crippen molar-refractivity contribution < 1.29 is 16.8 Å². The third kappa shape index (κ3) is 6.71. The topological polar surface area (TPSA) is 87.7 Å². The molecular weight excluding hydrogens is 567 g/mol. The Bertz CT molecular complexity index is 1680. The van der Waals surface area contributed by atoms with Gasteiger partial charge in [-0.1, -0.05) is 72.3 Å². The van der Waals surface area contributed by atoms with Crippen LogP contribution in [0.1, 0.15) is 22.5 Å². The van der Waals surface area contributed by atoms with Crippen LogP contribution < -0.4 is 0 Å². The van der Waals surface area contributed by atoms with Crippen LogP contribution in [0.15, 0.2) is 113 Å². The molecule has 0 spiro atoms. The van der Waals surface area contributed by atoms with Gasteiger partial charge in [-0.2, -0.15) is 8.61 Å². The molecule has 7 nitrogen and oxygen atoms in total. The molecule has 1 aliphatic rings. The molecule has 1 aromatic heterocycles. The third-order valence-corrected chi connectivity index (χ3v) is 11.1. The zero-order valence-electron chi connectivity index (χ0n) is 23.9. The van der Waals surface area contributed by atoms with Crippen molar-refractivity contribution >= 4 is 20.0 Å². The number of sulfonamides is 2. The molecular formula is C33H35N3O4S2. The highest BCUT2D eigenvalue weighted by Crippen LogP contribution is 2.25. The van der Waals surface area contributed by atoms with E-state index in [1.54, 1.807) is 48.5 Å². The molecule has 0 atom stereocenters. The lowest BCUT2D eigenvalue weighted by Gasteiger charge is -2.28. The minimum Gasteiger partial charge on any atom is -0.258 e. The van der Waals surface area contributed by atoms with Gasteiger partial charge < -0.3 is 0 Å². The number of hydrogen-bond donors (Lipinski definition) is 0. The molecule has 2 bridgehead atoms. The van der Waals surface area contributed by atoms with Crippen molar-refractivity contribution in [3.05, 3.63) is 126 Å². The van der Waals surface area contributed by atoms with Gasteiger partial charge in [-0.3, -0.25) is 4.98 Å². The minimum atomic E-state index is -3.89. The molecule has 0 saturated carbocycles. The van der Waals surface area contributed by atoms with E-state index in [0.29, 0.717) is 18.4 Å². The van der Waals surface area contributed by atoms with Gasteiger partial charge in [0, 0.05) is 50.4 Å². The highest BCUT2D eigenvalue weighted by molar-refractivity contribution is 7.89. The first kappa shape index (κ1) is 29.8. The van der Waals surface area contributed by atoms with Crippen LogP contribution in [0.5, 0.6) is 0 Å². The van der Waals surface area contributed by atoms with Crippen LogP contribution in [-0.2, 0) is 32.9 Å². The number of nitrogens with zero attached hydrogens (tertiary/aromatic N) is 3. The van der Waals surface area contributed by atoms with E-state index >= 15 is 0 Å². The van der Waals surface area contributed by atoms with Crippen molar-refractivity contribution in [2.75, 3.05) is 26.2 Å². The van der Waals surface area contributed by atoms with Gasteiger partial charge in [0.2, 0.25) is 20.0 Å². The second kappa shape index (κ2) is 12.3. The summed E-state index contributed by atoms with van der Waals surface area (Å²) in [6.07, 6.45) is 0.800. The van der Waals surface area contributed by atoms with Gasteiger partial charge in [-0.05, 0) is 66.9 Å². The van der Waals surface area contributed by atoms with Gasteiger partial charge in [-0.25, -0.2) is 16.8 Å². The van der Waals surface area contributed by atoms with Crippen molar-refractivity contribution in [2.45, 2.75) is 36.5 Å². The molecule has 0 radical (unpaired) electrons. The lowest BCUT2D eigenvalue weighted by molar-refractivity contribution is 0.401. The van der Waals surface area contributed by atoms with Gasteiger partial charge in [0.25, 0.3) is 0 Å². The summed E-state index contributed by atoms with van der Waals surface area (Å²) >= 11 is 0. The smallest absolute Gasteiger partial charge is 0.243 e. The molecule has 0 fully saturated rings. The second-order valence-electron chi connectivity index (χ2n) is 10.8. The number of hydrogen-bond acceptors (Lipinski definition) is 5. The molecule has 3 aromatic carbocycles. The van der Waals surface area contributed by atoms with Gasteiger partial charge in [0.05, 0.1) is 9.79 Å². The van der Waals surface area contributed by atoms with Crippen molar-refractivity contribution in [1.29, 1.82) is 0 Å². The Morgan fingerprint density at radius 1 is 0.619 bits per heavy atom. The van der Waals surface area contributed by atoms with Crippen LogP contribution in [0.2, 0.25) is 0 Å². The van der Waals surface area contributed by atoms with Crippen molar-refractivity contribution in [3.8, 4) is 11.1 Å². The van der Waals surface area contributed by atoms with Crippen LogP contribution >= 0.6 is 0 Å². The molecule has 0 aliphatic carbocycles. The SMILES string of the molecule is C=C1CN(S(=O)(=O)c2ccc(C)cc2)CCc2cc(-c3ccccc3)cc(n2)CCN(S(=O)(=O)c2ccc(C)cc2)C1. The molecule has 218 valence electrons. The Morgan fingerprint density at radius 2 is 1.05 bits per heavy atom. The minimum absolute atomic E-state index is 0.0125. The number of aromatic nitrogens is 1.